The fraction of sp³-hybridized carbons (Fsp3) is 0.439. The maximum absolute atomic E-state index is 5.60. The number of oxazole rings is 2. The SMILES string of the molecule is Cc1c(C)c(C)c2c(c1C)c(C)c(C)n2C.Cc1nc2c(C)c(C)c(C)c(C)c2o1.Cc1nc2c(c(C)c1C)c(C)c(C)n2C.Cc1nc2c(nc(C)n2C)c(C)c1C.Cc1nc2nc(C)c(C)c(C)c2o1.Cc1nc2nc(C)c(C)c(C)c2s1.Cc1nc2nc(C)n(C)c2c(C)c1C. The molecule has 14 aromatic rings. The van der Waals surface area contributed by atoms with Crippen molar-refractivity contribution in [3.8, 4) is 0 Å². The first kappa shape index (κ1) is 75.8. The normalized spacial score (nSPS) is 11.2. The third kappa shape index (κ3) is 14.1. The number of aryl methyl sites for hydroxylation is 25. The van der Waals surface area contributed by atoms with Crippen LogP contribution in [0.15, 0.2) is 8.83 Å². The number of aromatic nitrogens is 14. The van der Waals surface area contributed by atoms with Gasteiger partial charge in [-0.05, 0) is 313 Å². The Balaban J connectivity index is 0.000000147. The van der Waals surface area contributed by atoms with Gasteiger partial charge in [0.2, 0.25) is 0 Å². The molecular formula is C82H108N14O2S. The van der Waals surface area contributed by atoms with Crippen LogP contribution in [-0.4, -0.2) is 68.1 Å². The van der Waals surface area contributed by atoms with E-state index in [0.717, 1.165) is 113 Å². The summed E-state index contributed by atoms with van der Waals surface area (Å²) in [6.45, 7) is 67.3. The fourth-order valence-electron chi connectivity index (χ4n) is 13.1. The Morgan fingerprint density at radius 3 is 1.26 bits per heavy atom. The number of nitrogens with zero attached hydrogens (tertiary/aromatic N) is 14. The molecule has 524 valence electrons. The molecular weight excluding hydrogens is 1250 g/mol. The zero-order valence-electron chi connectivity index (χ0n) is 66.5. The van der Waals surface area contributed by atoms with Gasteiger partial charge in [-0.1, -0.05) is 0 Å². The van der Waals surface area contributed by atoms with Crippen LogP contribution in [-0.2, 0) is 28.2 Å². The van der Waals surface area contributed by atoms with Crippen LogP contribution in [0.2, 0.25) is 0 Å². The van der Waals surface area contributed by atoms with Gasteiger partial charge in [-0.15, -0.1) is 11.3 Å². The molecule has 2 aromatic carbocycles. The predicted molar refractivity (Wildman–Crippen MR) is 415 cm³/mol. The van der Waals surface area contributed by atoms with Crippen LogP contribution in [0.3, 0.4) is 0 Å². The predicted octanol–water partition coefficient (Wildman–Crippen LogP) is 20.3. The van der Waals surface area contributed by atoms with Gasteiger partial charge in [0.05, 0.1) is 20.7 Å². The largest absolute Gasteiger partial charge is 0.441 e. The highest BCUT2D eigenvalue weighted by atomic mass is 32.1. The van der Waals surface area contributed by atoms with E-state index >= 15 is 0 Å². The molecule has 12 heterocycles. The maximum Gasteiger partial charge on any atom is 0.199 e. The molecule has 99 heavy (non-hydrogen) atoms. The van der Waals surface area contributed by atoms with E-state index in [1.165, 1.54) is 138 Å². The molecule has 0 radical (unpaired) electrons. The van der Waals surface area contributed by atoms with Crippen molar-refractivity contribution in [3.05, 3.63) is 180 Å². The minimum absolute atomic E-state index is 0.676. The lowest BCUT2D eigenvalue weighted by atomic mass is 9.94. The first-order chi connectivity index (χ1) is 46.1. The number of hydrogen-bond acceptors (Lipinski definition) is 13. The molecule has 0 fully saturated rings. The summed E-state index contributed by atoms with van der Waals surface area (Å²) in [5, 5.41) is 3.88. The molecule has 0 aliphatic rings. The molecule has 17 heteroatoms. The topological polar surface area (TPSA) is 175 Å². The van der Waals surface area contributed by atoms with Gasteiger partial charge in [0.1, 0.15) is 28.3 Å². The molecule has 0 spiro atoms. The quantitative estimate of drug-likeness (QED) is 0.141. The molecule has 14 rings (SSSR count). The molecule has 0 amide bonds. The molecule has 0 atom stereocenters. The highest BCUT2D eigenvalue weighted by molar-refractivity contribution is 7.18. The first-order valence-electron chi connectivity index (χ1n) is 34.3. The second-order valence-electron chi connectivity index (χ2n) is 27.7. The summed E-state index contributed by atoms with van der Waals surface area (Å²) in [6, 6.07) is 0. The van der Waals surface area contributed by atoms with Gasteiger partial charge in [-0.25, -0.2) is 44.9 Å². The minimum Gasteiger partial charge on any atom is -0.441 e. The molecule has 0 N–H and O–H groups in total. The number of rotatable bonds is 0. The number of hydrogen-bond donors (Lipinski definition) is 0. The van der Waals surface area contributed by atoms with Gasteiger partial charge in [-0.3, -0.25) is 0 Å². The lowest BCUT2D eigenvalue weighted by molar-refractivity contribution is 0.558. The van der Waals surface area contributed by atoms with Crippen molar-refractivity contribution in [1.82, 2.24) is 68.1 Å². The smallest absolute Gasteiger partial charge is 0.199 e. The molecule has 0 aliphatic heterocycles. The van der Waals surface area contributed by atoms with E-state index in [4.69, 9.17) is 8.83 Å². The van der Waals surface area contributed by atoms with Gasteiger partial charge in [0.15, 0.2) is 45.5 Å². The number of thiazole rings is 1. The Kier molecular flexibility index (Phi) is 22.3. The van der Waals surface area contributed by atoms with Crippen LogP contribution in [0.25, 0.3) is 76.9 Å². The molecule has 0 saturated heterocycles. The van der Waals surface area contributed by atoms with Gasteiger partial charge < -0.3 is 27.1 Å². The Morgan fingerprint density at radius 1 is 0.253 bits per heavy atom. The Morgan fingerprint density at radius 2 is 0.657 bits per heavy atom. The number of imidazole rings is 2. The highest BCUT2D eigenvalue weighted by Gasteiger charge is 2.20. The van der Waals surface area contributed by atoms with E-state index in [2.05, 4.69) is 230 Å². The average molecular weight is 1350 g/mol. The van der Waals surface area contributed by atoms with E-state index in [0.29, 0.717) is 5.89 Å². The number of pyridine rings is 5. The maximum atomic E-state index is 5.60. The van der Waals surface area contributed by atoms with E-state index in [9.17, 15) is 0 Å². The molecule has 0 bridgehead atoms. The van der Waals surface area contributed by atoms with Crippen LogP contribution in [0.4, 0.5) is 0 Å². The summed E-state index contributed by atoms with van der Waals surface area (Å²) < 4.78 is 21.0. The van der Waals surface area contributed by atoms with Gasteiger partial charge in [0, 0.05) is 98.2 Å². The van der Waals surface area contributed by atoms with E-state index < -0.39 is 0 Å². The number of fused-ring (bicyclic) bond motifs is 7. The van der Waals surface area contributed by atoms with Crippen molar-refractivity contribution < 1.29 is 8.83 Å². The van der Waals surface area contributed by atoms with Gasteiger partial charge in [0.25, 0.3) is 0 Å². The summed E-state index contributed by atoms with van der Waals surface area (Å²) in [6.07, 6.45) is 0. The van der Waals surface area contributed by atoms with Crippen molar-refractivity contribution in [2.75, 3.05) is 0 Å². The van der Waals surface area contributed by atoms with Crippen molar-refractivity contribution in [1.29, 1.82) is 0 Å². The van der Waals surface area contributed by atoms with Crippen molar-refractivity contribution in [2.45, 2.75) is 222 Å². The highest BCUT2D eigenvalue weighted by Crippen LogP contribution is 2.36. The zero-order chi connectivity index (χ0) is 74.1. The number of benzene rings is 2. The minimum atomic E-state index is 0.676. The first-order valence-corrected chi connectivity index (χ1v) is 35.1. The van der Waals surface area contributed by atoms with E-state index in [-0.39, 0.29) is 0 Å². The van der Waals surface area contributed by atoms with Crippen LogP contribution < -0.4 is 0 Å². The summed E-state index contributed by atoms with van der Waals surface area (Å²) in [5.41, 5.74) is 45.4. The van der Waals surface area contributed by atoms with E-state index in [1.54, 1.807) is 11.3 Å². The summed E-state index contributed by atoms with van der Waals surface area (Å²) >= 11 is 1.73. The Bertz CT molecular complexity index is 5310. The zero-order valence-corrected chi connectivity index (χ0v) is 67.3. The second-order valence-corrected chi connectivity index (χ2v) is 28.9. The Hall–Kier alpha value is -8.96. The molecule has 16 nitrogen and oxygen atoms in total. The lowest BCUT2D eigenvalue weighted by Crippen LogP contribution is -1.97. The molecule has 0 aliphatic carbocycles. The van der Waals surface area contributed by atoms with Crippen molar-refractivity contribution >= 4 is 88.3 Å². The monoisotopic (exact) mass is 1350 g/mol. The Labute approximate surface area is 591 Å². The van der Waals surface area contributed by atoms with Crippen LogP contribution in [0.5, 0.6) is 0 Å². The third-order valence-electron chi connectivity index (χ3n) is 22.2. The van der Waals surface area contributed by atoms with Gasteiger partial charge >= 0.3 is 0 Å². The van der Waals surface area contributed by atoms with Crippen molar-refractivity contribution in [3.63, 3.8) is 0 Å². The summed E-state index contributed by atoms with van der Waals surface area (Å²) in [7, 11) is 8.30. The van der Waals surface area contributed by atoms with E-state index in [1.807, 2.05) is 87.9 Å². The third-order valence-corrected chi connectivity index (χ3v) is 23.3. The van der Waals surface area contributed by atoms with Crippen LogP contribution >= 0.6 is 11.3 Å². The lowest BCUT2D eigenvalue weighted by Gasteiger charge is -2.12. The standard InChI is InChI=1S/C15H21N.C13H18N2.C12H15NO.2C11H15N3.C10H12N2O.C10H12N2S/c1-8-9(2)11(4)15-14(10(8)3)12(5)13(6)16(15)7;1-7-8(2)12-9(3)11(5)15(6)13(12)14-10(7)4;1-6-7(2)9(4)12-11(8(6)3)13-10(5)14-12;1-6-7(2)10-11(12-8(6)3)13-9(4)14(10)5;1-6-7(2)10-11(12-8(6)3)14(5)9(4)13-10;2*1-5-6(2)9-10(11-7(5)3)12-8(4)13-9/h1-7H3;1-6H3;3*1-5H3;2*1-4H3. The van der Waals surface area contributed by atoms with Crippen LogP contribution in [0.1, 0.15) is 180 Å². The van der Waals surface area contributed by atoms with Crippen LogP contribution in [0, 0.1) is 222 Å². The summed E-state index contributed by atoms with van der Waals surface area (Å²) in [5.74, 6) is 3.45. The molecule has 0 unspecified atom stereocenters. The van der Waals surface area contributed by atoms with Crippen molar-refractivity contribution in [2.24, 2.45) is 28.2 Å². The summed E-state index contributed by atoms with van der Waals surface area (Å²) in [4.78, 5) is 44.5. The fourth-order valence-corrected chi connectivity index (χ4v) is 14.0. The molecule has 0 saturated carbocycles. The van der Waals surface area contributed by atoms with Gasteiger partial charge in [-0.2, -0.15) is 4.98 Å². The average Bonchev–Trinajstić information content (AvgIpc) is 1.63. The second kappa shape index (κ2) is 29.1. The molecule has 12 aromatic heterocycles.